The molecule has 0 bridgehead atoms. The van der Waals surface area contributed by atoms with Crippen LogP contribution in [0, 0.1) is 11.3 Å². The van der Waals surface area contributed by atoms with E-state index in [1.165, 1.54) is 36.9 Å². The van der Waals surface area contributed by atoms with Crippen molar-refractivity contribution in [3.63, 3.8) is 0 Å². The second-order valence-corrected chi connectivity index (χ2v) is 14.0. The van der Waals surface area contributed by atoms with Crippen molar-refractivity contribution in [2.75, 3.05) is 57.8 Å². The number of amides is 7. The lowest BCUT2D eigenvalue weighted by Crippen LogP contribution is -2.54. The Bertz CT molecular complexity index is 2210. The first-order valence-electron chi connectivity index (χ1n) is 18.6. The van der Waals surface area contributed by atoms with Crippen molar-refractivity contribution >= 4 is 41.3 Å². The third-order valence-corrected chi connectivity index (χ3v) is 9.66. The highest BCUT2D eigenvalue weighted by atomic mass is 19.4. The lowest BCUT2D eigenvalue weighted by molar-refractivity contribution is -0.138. The molecule has 2 fully saturated rings. The van der Waals surface area contributed by atoms with Crippen molar-refractivity contribution in [1.82, 2.24) is 30.1 Å². The van der Waals surface area contributed by atoms with Crippen LogP contribution in [-0.4, -0.2) is 125 Å². The Morgan fingerprint density at radius 3 is 2.22 bits per heavy atom. The van der Waals surface area contributed by atoms with Gasteiger partial charge in [-0.2, -0.15) is 18.4 Å². The molecule has 1 aromatic heterocycles. The van der Waals surface area contributed by atoms with E-state index in [0.29, 0.717) is 16.7 Å². The van der Waals surface area contributed by atoms with Gasteiger partial charge in [-0.3, -0.25) is 39.1 Å². The summed E-state index contributed by atoms with van der Waals surface area (Å²) in [5, 5.41) is 19.2. The smallest absolute Gasteiger partial charge is 0.417 e. The molecule has 0 radical (unpaired) electrons. The second kappa shape index (κ2) is 18.3. The number of hydrogen-bond donors (Lipinski definition) is 1. The van der Waals surface area contributed by atoms with Gasteiger partial charge in [-0.05, 0) is 50.6 Å². The van der Waals surface area contributed by atoms with E-state index in [9.17, 15) is 41.9 Å². The highest BCUT2D eigenvalue weighted by Gasteiger charge is 2.52. The molecule has 2 saturated heterocycles. The topological polar surface area (TPSA) is 225 Å². The number of halogens is 3. The maximum atomic E-state index is 13.6. The van der Waals surface area contributed by atoms with Crippen molar-refractivity contribution in [2.24, 2.45) is 0 Å². The Morgan fingerprint density at radius 1 is 0.900 bits per heavy atom. The van der Waals surface area contributed by atoms with Gasteiger partial charge in [0.25, 0.3) is 17.7 Å². The molecule has 60 heavy (non-hydrogen) atoms. The molecule has 7 amide bonds. The highest BCUT2D eigenvalue weighted by Crippen LogP contribution is 2.38. The van der Waals surface area contributed by atoms with Crippen LogP contribution in [0.5, 0.6) is 5.75 Å². The predicted molar refractivity (Wildman–Crippen MR) is 196 cm³/mol. The first-order chi connectivity index (χ1) is 28.6. The van der Waals surface area contributed by atoms with E-state index in [1.54, 1.807) is 12.1 Å². The van der Waals surface area contributed by atoms with Gasteiger partial charge >= 0.3 is 12.2 Å². The number of nitriles is 1. The van der Waals surface area contributed by atoms with Crippen molar-refractivity contribution in [2.45, 2.75) is 57.7 Å². The van der Waals surface area contributed by atoms with Crippen LogP contribution in [0.2, 0.25) is 0 Å². The Morgan fingerprint density at radius 2 is 1.57 bits per heavy atom. The Labute approximate surface area is 339 Å². The highest BCUT2D eigenvalue weighted by molar-refractivity contribution is 6.25. The van der Waals surface area contributed by atoms with E-state index in [0.717, 1.165) is 21.9 Å². The van der Waals surface area contributed by atoms with E-state index in [2.05, 4.69) is 15.6 Å². The van der Waals surface area contributed by atoms with E-state index in [4.69, 9.17) is 28.9 Å². The van der Waals surface area contributed by atoms with Crippen LogP contribution in [0.15, 0.2) is 42.6 Å². The molecule has 4 heterocycles. The minimum Gasteiger partial charge on any atom is -0.490 e. The number of nitrogens with one attached hydrogen (secondary N) is 1. The average molecular weight is 841 g/mol. The van der Waals surface area contributed by atoms with Gasteiger partial charge in [0.05, 0.1) is 93.1 Å². The summed E-state index contributed by atoms with van der Waals surface area (Å²) in [6.07, 6.45) is -3.31. The van der Waals surface area contributed by atoms with Crippen molar-refractivity contribution in [3.05, 3.63) is 70.5 Å². The first kappa shape index (κ1) is 43.3. The molecule has 0 aliphatic carbocycles. The lowest BCUT2D eigenvalue weighted by atomic mass is 10.0. The molecule has 3 aliphatic heterocycles. The van der Waals surface area contributed by atoms with Crippen molar-refractivity contribution < 1.29 is 65.6 Å². The minimum absolute atomic E-state index is 0.0171. The maximum Gasteiger partial charge on any atom is 0.417 e. The number of piperidine rings is 1. The van der Waals surface area contributed by atoms with Gasteiger partial charge in [0.1, 0.15) is 36.3 Å². The monoisotopic (exact) mass is 840 g/mol. The molecule has 3 aliphatic rings. The number of urea groups is 1. The molecule has 19 nitrogen and oxygen atoms in total. The molecule has 1 unspecified atom stereocenters. The number of ether oxygens (including phenoxy) is 5. The number of rotatable bonds is 19. The number of hydrogen-bond acceptors (Lipinski definition) is 14. The number of carbonyl (C=O) groups excluding carboxylic acids is 6. The van der Waals surface area contributed by atoms with Gasteiger partial charge in [0.15, 0.2) is 0 Å². The zero-order valence-corrected chi connectivity index (χ0v) is 32.4. The van der Waals surface area contributed by atoms with Crippen LogP contribution in [0.25, 0.3) is 0 Å². The number of imide groups is 3. The Balaban J connectivity index is 0.829. The molecular weight excluding hydrogens is 801 g/mol. The summed E-state index contributed by atoms with van der Waals surface area (Å²) in [5.41, 5.74) is -3.09. The van der Waals surface area contributed by atoms with Crippen LogP contribution < -0.4 is 15.0 Å². The molecule has 22 heteroatoms. The van der Waals surface area contributed by atoms with Gasteiger partial charge < -0.3 is 23.7 Å². The van der Waals surface area contributed by atoms with Gasteiger partial charge in [0, 0.05) is 6.42 Å². The molecule has 6 rings (SSSR count). The molecule has 3 aromatic rings. The van der Waals surface area contributed by atoms with Gasteiger partial charge in [-0.25, -0.2) is 14.4 Å². The zero-order valence-electron chi connectivity index (χ0n) is 32.4. The van der Waals surface area contributed by atoms with Crippen LogP contribution in [-0.2, 0) is 52.8 Å². The molecule has 0 saturated carbocycles. The van der Waals surface area contributed by atoms with Crippen LogP contribution in [0.4, 0.5) is 23.7 Å². The average Bonchev–Trinajstić information content (AvgIpc) is 3.81. The minimum atomic E-state index is -4.88. The lowest BCUT2D eigenvalue weighted by Gasteiger charge is -2.27. The quantitative estimate of drug-likeness (QED) is 0.104. The summed E-state index contributed by atoms with van der Waals surface area (Å²) < 4.78 is 69.8. The maximum absolute atomic E-state index is 13.6. The predicted octanol–water partition coefficient (Wildman–Crippen LogP) is 2.42. The standard InChI is InChI=1S/C38H39F3N8O11/c1-37(2)35(54)48(25-7-6-23(19-42)27(18-25)38(39,40)41)36(55)47(37)22-46-20-24(44-45-46)21-59-15-14-57-11-10-56-12-13-58-16-17-60-29-5-3-4-26-31(29)34(53)49(33(26)52)28-8-9-30(50)43-32(28)51/h3-7,18,20,28H,8-17,21-22H2,1-2H3,(H,43,50,51). The van der Waals surface area contributed by atoms with E-state index >= 15 is 0 Å². The Kier molecular flexibility index (Phi) is 13.2. The summed E-state index contributed by atoms with van der Waals surface area (Å²) in [4.78, 5) is 79.2. The van der Waals surface area contributed by atoms with Crippen molar-refractivity contribution in [3.8, 4) is 11.8 Å². The SMILES string of the molecule is CC1(C)C(=O)N(c2ccc(C#N)c(C(F)(F)F)c2)C(=O)N1Cn1cc(COCCOCCOCCOCCOc2cccc3c2C(=O)N(C2CCC(=O)NC2=O)C3=O)nn1. The summed E-state index contributed by atoms with van der Waals surface area (Å²) in [6, 6.07) is 6.74. The molecule has 1 N–H and O–H groups in total. The number of benzene rings is 2. The Hall–Kier alpha value is -6.28. The summed E-state index contributed by atoms with van der Waals surface area (Å²) in [6.45, 7) is 4.49. The number of aromatic nitrogens is 3. The summed E-state index contributed by atoms with van der Waals surface area (Å²) in [7, 11) is 0. The second-order valence-electron chi connectivity index (χ2n) is 14.0. The fourth-order valence-electron chi connectivity index (χ4n) is 6.57. The number of fused-ring (bicyclic) bond motifs is 1. The first-order valence-corrected chi connectivity index (χ1v) is 18.6. The number of alkyl halides is 3. The molecule has 318 valence electrons. The number of nitrogens with zero attached hydrogens (tertiary/aromatic N) is 7. The normalized spacial score (nSPS) is 17.7. The van der Waals surface area contributed by atoms with Crippen LogP contribution in [0.3, 0.4) is 0 Å². The van der Waals surface area contributed by atoms with E-state index < -0.39 is 64.5 Å². The van der Waals surface area contributed by atoms with Crippen LogP contribution in [0.1, 0.15) is 64.2 Å². The third kappa shape index (κ3) is 9.28. The van der Waals surface area contributed by atoms with Crippen LogP contribution >= 0.6 is 0 Å². The van der Waals surface area contributed by atoms with E-state index in [1.807, 2.05) is 0 Å². The van der Waals surface area contributed by atoms with Gasteiger partial charge in [-0.1, -0.05) is 11.3 Å². The number of carbonyl (C=O) groups is 6. The number of anilines is 1. The molecule has 1 atom stereocenters. The zero-order chi connectivity index (χ0) is 43.2. The largest absolute Gasteiger partial charge is 0.490 e. The fraction of sp³-hybridized carbons (Fsp3) is 0.447. The molecule has 2 aromatic carbocycles. The third-order valence-electron chi connectivity index (χ3n) is 9.66. The molecular formula is C38H39F3N8O11. The van der Waals surface area contributed by atoms with Crippen molar-refractivity contribution in [1.29, 1.82) is 5.26 Å². The van der Waals surface area contributed by atoms with E-state index in [-0.39, 0.29) is 102 Å². The van der Waals surface area contributed by atoms with Gasteiger partial charge in [0.2, 0.25) is 11.8 Å². The van der Waals surface area contributed by atoms with Gasteiger partial charge in [-0.15, -0.1) is 5.10 Å². The fourth-order valence-corrected chi connectivity index (χ4v) is 6.57. The summed E-state index contributed by atoms with van der Waals surface area (Å²) in [5.74, 6) is -3.02. The summed E-state index contributed by atoms with van der Waals surface area (Å²) >= 11 is 0. The molecule has 0 spiro atoms.